The summed E-state index contributed by atoms with van der Waals surface area (Å²) in [5.74, 6) is -0.762. The smallest absolute Gasteiger partial charge is 0.258 e. The standard InChI is InChI=1S/C35H34BrN3O5/c1-5-21(2)33(41)37-29-20-39(34(42)24-15-13-23(14-16-24)22(3)40)31-12-7-6-11-30(31)38(35(29)43)19-27-25-9-8-10-28(36)26(25)17-18-32(27)44-4/h6-18,21,29H,5,19-20H2,1-4H3,(H,37,41)/t21-,29+/m1/s1. The van der Waals surface area contributed by atoms with Crippen LogP contribution in [0, 0.1) is 5.92 Å². The molecule has 1 heterocycles. The van der Waals surface area contributed by atoms with E-state index in [9.17, 15) is 19.2 Å². The van der Waals surface area contributed by atoms with Gasteiger partial charge in [0.15, 0.2) is 5.78 Å². The Balaban J connectivity index is 1.65. The number of amides is 3. The first-order valence-corrected chi connectivity index (χ1v) is 15.3. The minimum Gasteiger partial charge on any atom is -0.496 e. The predicted molar refractivity (Wildman–Crippen MR) is 175 cm³/mol. The van der Waals surface area contributed by atoms with Crippen LogP contribution in [0.2, 0.25) is 0 Å². The average molecular weight is 657 g/mol. The van der Waals surface area contributed by atoms with Gasteiger partial charge in [0.05, 0.1) is 31.6 Å². The van der Waals surface area contributed by atoms with Crippen molar-refractivity contribution in [3.05, 3.63) is 100 Å². The molecule has 5 rings (SSSR count). The first-order valence-electron chi connectivity index (χ1n) is 14.5. The summed E-state index contributed by atoms with van der Waals surface area (Å²) < 4.78 is 6.67. The third-order valence-corrected chi connectivity index (χ3v) is 8.86. The van der Waals surface area contributed by atoms with Crippen LogP contribution in [0.15, 0.2) is 83.3 Å². The van der Waals surface area contributed by atoms with Crippen LogP contribution in [-0.4, -0.2) is 43.2 Å². The molecule has 0 radical (unpaired) electrons. The first-order chi connectivity index (χ1) is 21.1. The van der Waals surface area contributed by atoms with Crippen molar-refractivity contribution in [1.29, 1.82) is 0 Å². The lowest BCUT2D eigenvalue weighted by Crippen LogP contribution is -2.53. The molecule has 1 aliphatic rings. The highest BCUT2D eigenvalue weighted by atomic mass is 79.9. The zero-order chi connectivity index (χ0) is 31.5. The molecule has 4 aromatic rings. The number of hydrogen-bond donors (Lipinski definition) is 1. The molecule has 8 nitrogen and oxygen atoms in total. The van der Waals surface area contributed by atoms with Gasteiger partial charge in [-0.15, -0.1) is 0 Å². The molecule has 0 saturated carbocycles. The molecule has 226 valence electrons. The highest BCUT2D eigenvalue weighted by Crippen LogP contribution is 2.38. The van der Waals surface area contributed by atoms with Gasteiger partial charge in [0.25, 0.3) is 11.8 Å². The van der Waals surface area contributed by atoms with Crippen molar-refractivity contribution in [3.63, 3.8) is 0 Å². The summed E-state index contributed by atoms with van der Waals surface area (Å²) in [6.07, 6.45) is 0.601. The third-order valence-electron chi connectivity index (χ3n) is 8.17. The lowest BCUT2D eigenvalue weighted by atomic mass is 10.0. The number of ether oxygens (including phenoxy) is 1. The van der Waals surface area contributed by atoms with E-state index in [-0.39, 0.29) is 42.5 Å². The number of anilines is 2. The minimum absolute atomic E-state index is 0.0694. The van der Waals surface area contributed by atoms with E-state index in [1.807, 2.05) is 49.4 Å². The zero-order valence-electron chi connectivity index (χ0n) is 25.1. The van der Waals surface area contributed by atoms with E-state index >= 15 is 0 Å². The number of ketones is 1. The third kappa shape index (κ3) is 5.97. The molecular formula is C35H34BrN3O5. The number of hydrogen-bond acceptors (Lipinski definition) is 5. The average Bonchev–Trinajstić information content (AvgIpc) is 3.15. The molecule has 0 unspecified atom stereocenters. The molecular weight excluding hydrogens is 622 g/mol. The highest BCUT2D eigenvalue weighted by molar-refractivity contribution is 9.10. The fourth-order valence-electron chi connectivity index (χ4n) is 5.43. The van der Waals surface area contributed by atoms with Crippen LogP contribution in [0.25, 0.3) is 10.8 Å². The first kappa shape index (κ1) is 30.9. The maximum absolute atomic E-state index is 14.5. The topological polar surface area (TPSA) is 96.0 Å². The lowest BCUT2D eigenvalue weighted by Gasteiger charge is -2.27. The van der Waals surface area contributed by atoms with Crippen LogP contribution in [0.5, 0.6) is 5.75 Å². The molecule has 1 N–H and O–H groups in total. The second-order valence-corrected chi connectivity index (χ2v) is 11.8. The van der Waals surface area contributed by atoms with Gasteiger partial charge in [-0.1, -0.05) is 66.2 Å². The van der Waals surface area contributed by atoms with Crippen molar-refractivity contribution in [2.45, 2.75) is 39.8 Å². The van der Waals surface area contributed by atoms with E-state index in [0.717, 1.165) is 20.8 Å². The highest BCUT2D eigenvalue weighted by Gasteiger charge is 2.38. The van der Waals surface area contributed by atoms with Crippen molar-refractivity contribution in [2.75, 3.05) is 23.5 Å². The number of methoxy groups -OCH3 is 1. The van der Waals surface area contributed by atoms with Crippen molar-refractivity contribution in [3.8, 4) is 5.75 Å². The molecule has 9 heteroatoms. The fourth-order valence-corrected chi connectivity index (χ4v) is 5.92. The number of nitrogens with zero attached hydrogens (tertiary/aromatic N) is 2. The molecule has 1 aliphatic heterocycles. The van der Waals surface area contributed by atoms with Crippen molar-refractivity contribution in [2.24, 2.45) is 5.92 Å². The Bertz CT molecular complexity index is 1750. The Morgan fingerprint density at radius 3 is 2.27 bits per heavy atom. The Morgan fingerprint density at radius 1 is 0.932 bits per heavy atom. The summed E-state index contributed by atoms with van der Waals surface area (Å²) in [7, 11) is 1.59. The normalized spacial score (nSPS) is 15.4. The second kappa shape index (κ2) is 13.0. The molecule has 3 amide bonds. The Kier molecular flexibility index (Phi) is 9.15. The molecule has 0 bridgehead atoms. The molecule has 0 aliphatic carbocycles. The number of carbonyl (C=O) groups excluding carboxylic acids is 4. The van der Waals surface area contributed by atoms with E-state index < -0.39 is 6.04 Å². The number of benzene rings is 4. The van der Waals surface area contributed by atoms with Crippen LogP contribution in [-0.2, 0) is 16.1 Å². The summed E-state index contributed by atoms with van der Waals surface area (Å²) in [5.41, 5.74) is 2.70. The van der Waals surface area contributed by atoms with E-state index in [1.54, 1.807) is 55.3 Å². The Morgan fingerprint density at radius 2 is 1.61 bits per heavy atom. The SMILES string of the molecule is CC[C@@H](C)C(=O)N[C@H]1CN(C(=O)c2ccc(C(C)=O)cc2)c2ccccc2N(Cc2c(OC)ccc3c(Br)cccc23)C1=O. The van der Waals surface area contributed by atoms with Crippen molar-refractivity contribution < 1.29 is 23.9 Å². The lowest BCUT2D eigenvalue weighted by molar-refractivity contribution is -0.129. The fraction of sp³-hybridized carbons (Fsp3) is 0.257. The van der Waals surface area contributed by atoms with Gasteiger partial charge in [0.1, 0.15) is 11.8 Å². The minimum atomic E-state index is -1.02. The number of carbonyl (C=O) groups is 4. The van der Waals surface area contributed by atoms with Gasteiger partial charge in [-0.3, -0.25) is 19.2 Å². The summed E-state index contributed by atoms with van der Waals surface area (Å²) in [6.45, 7) is 5.25. The van der Waals surface area contributed by atoms with Gasteiger partial charge < -0.3 is 19.9 Å². The zero-order valence-corrected chi connectivity index (χ0v) is 26.7. The van der Waals surface area contributed by atoms with Crippen LogP contribution >= 0.6 is 15.9 Å². The number of para-hydroxylation sites is 2. The maximum atomic E-state index is 14.5. The van der Waals surface area contributed by atoms with Crippen LogP contribution in [0.3, 0.4) is 0 Å². The largest absolute Gasteiger partial charge is 0.496 e. The Hall–Kier alpha value is -4.50. The van der Waals surface area contributed by atoms with Crippen LogP contribution in [0.4, 0.5) is 11.4 Å². The van der Waals surface area contributed by atoms with Gasteiger partial charge in [0, 0.05) is 27.1 Å². The van der Waals surface area contributed by atoms with E-state index in [2.05, 4.69) is 21.2 Å². The predicted octanol–water partition coefficient (Wildman–Crippen LogP) is 6.54. The maximum Gasteiger partial charge on any atom is 0.258 e. The summed E-state index contributed by atoms with van der Waals surface area (Å²) in [4.78, 5) is 56.7. The molecule has 0 spiro atoms. The van der Waals surface area contributed by atoms with Crippen molar-refractivity contribution >= 4 is 61.6 Å². The van der Waals surface area contributed by atoms with Gasteiger partial charge in [-0.05, 0) is 66.6 Å². The van der Waals surface area contributed by atoms with E-state index in [0.29, 0.717) is 34.7 Å². The molecule has 0 fully saturated rings. The van der Waals surface area contributed by atoms with Gasteiger partial charge >= 0.3 is 0 Å². The van der Waals surface area contributed by atoms with Crippen molar-refractivity contribution in [1.82, 2.24) is 5.32 Å². The van der Waals surface area contributed by atoms with Crippen LogP contribution in [0.1, 0.15) is 53.5 Å². The van der Waals surface area contributed by atoms with Gasteiger partial charge in [0.2, 0.25) is 5.91 Å². The number of nitrogens with one attached hydrogen (secondary N) is 1. The molecule has 0 saturated heterocycles. The van der Waals surface area contributed by atoms with Crippen LogP contribution < -0.4 is 19.9 Å². The molecule has 2 atom stereocenters. The van der Waals surface area contributed by atoms with Gasteiger partial charge in [-0.2, -0.15) is 0 Å². The molecule has 44 heavy (non-hydrogen) atoms. The number of rotatable bonds is 8. The number of Topliss-reactive ketones (excluding diaryl/α,β-unsaturated/α-hetero) is 1. The summed E-state index contributed by atoms with van der Waals surface area (Å²) in [5, 5.41) is 4.81. The summed E-state index contributed by atoms with van der Waals surface area (Å²) >= 11 is 3.64. The number of halogens is 1. The Labute approximate surface area is 265 Å². The second-order valence-electron chi connectivity index (χ2n) is 10.9. The quantitative estimate of drug-likeness (QED) is 0.218. The van der Waals surface area contributed by atoms with Gasteiger partial charge in [-0.25, -0.2) is 0 Å². The summed E-state index contributed by atoms with van der Waals surface area (Å²) in [6, 6.07) is 22.4. The monoisotopic (exact) mass is 655 g/mol. The molecule has 0 aromatic heterocycles. The molecule has 4 aromatic carbocycles. The van der Waals surface area contributed by atoms with E-state index in [4.69, 9.17) is 4.74 Å². The van der Waals surface area contributed by atoms with E-state index in [1.165, 1.54) is 11.8 Å². The number of fused-ring (bicyclic) bond motifs is 2.